The number of aliphatic hydroxyl groups is 1. The molecule has 0 aliphatic rings. The van der Waals surface area contributed by atoms with Gasteiger partial charge in [0.25, 0.3) is 0 Å². The summed E-state index contributed by atoms with van der Waals surface area (Å²) in [7, 11) is 0. The van der Waals surface area contributed by atoms with E-state index in [0.717, 1.165) is 55.1 Å². The highest BCUT2D eigenvalue weighted by Gasteiger charge is 2.16. The smallest absolute Gasteiger partial charge is 0.159 e. The van der Waals surface area contributed by atoms with Crippen molar-refractivity contribution in [2.45, 2.75) is 13.0 Å². The first kappa shape index (κ1) is 17.8. The van der Waals surface area contributed by atoms with E-state index in [9.17, 15) is 5.11 Å². The van der Waals surface area contributed by atoms with Crippen molar-refractivity contribution in [3.63, 3.8) is 0 Å². The van der Waals surface area contributed by atoms with Crippen LogP contribution in [0.4, 0.5) is 0 Å². The number of nitrogens with one attached hydrogen (secondary N) is 2. The molecule has 1 unspecified atom stereocenters. The maximum atomic E-state index is 10.1. The summed E-state index contributed by atoms with van der Waals surface area (Å²) in [5.41, 5.74) is 6.26. The van der Waals surface area contributed by atoms with Crippen molar-refractivity contribution in [3.05, 3.63) is 78.6 Å². The Kier molecular flexibility index (Phi) is 3.88. The van der Waals surface area contributed by atoms with Crippen molar-refractivity contribution in [3.8, 4) is 22.6 Å². The molecule has 3 heterocycles. The lowest BCUT2D eigenvalue weighted by molar-refractivity contribution is 0.200. The van der Waals surface area contributed by atoms with Crippen LogP contribution in [0, 0.1) is 0 Å². The molecule has 0 fully saturated rings. The number of aliphatic hydroxyl groups excluding tert-OH is 1. The van der Waals surface area contributed by atoms with Crippen molar-refractivity contribution in [2.75, 3.05) is 0 Å². The largest absolute Gasteiger partial charge is 0.389 e. The third-order valence-corrected chi connectivity index (χ3v) is 5.76. The first-order valence-corrected chi connectivity index (χ1v) is 10.2. The number of hydrogen-bond acceptors (Lipinski definition) is 4. The van der Waals surface area contributed by atoms with E-state index in [1.165, 1.54) is 0 Å². The number of hydrogen-bond donors (Lipinski definition) is 3. The second-order valence-electron chi connectivity index (χ2n) is 7.75. The maximum Gasteiger partial charge on any atom is 0.159 e. The molecular formula is C25H19N5O. The van der Waals surface area contributed by atoms with Gasteiger partial charge in [-0.25, -0.2) is 4.98 Å². The highest BCUT2D eigenvalue weighted by molar-refractivity contribution is 6.00. The Morgan fingerprint density at radius 3 is 2.71 bits per heavy atom. The van der Waals surface area contributed by atoms with Crippen molar-refractivity contribution in [1.82, 2.24) is 25.1 Å². The van der Waals surface area contributed by atoms with Crippen LogP contribution in [0.2, 0.25) is 0 Å². The van der Waals surface area contributed by atoms with Crippen LogP contribution in [0.1, 0.15) is 18.6 Å². The van der Waals surface area contributed by atoms with Crippen LogP contribution in [-0.4, -0.2) is 30.3 Å². The first-order valence-electron chi connectivity index (χ1n) is 10.2. The van der Waals surface area contributed by atoms with Gasteiger partial charge in [-0.15, -0.1) is 0 Å². The number of benzene rings is 3. The van der Waals surface area contributed by atoms with Crippen LogP contribution >= 0.6 is 0 Å². The van der Waals surface area contributed by atoms with Crippen LogP contribution in [0.15, 0.2) is 73.1 Å². The molecule has 6 heteroatoms. The van der Waals surface area contributed by atoms with Crippen LogP contribution in [-0.2, 0) is 0 Å². The summed E-state index contributed by atoms with van der Waals surface area (Å²) in [4.78, 5) is 12.6. The third kappa shape index (κ3) is 2.80. The highest BCUT2D eigenvalue weighted by Crippen LogP contribution is 2.33. The Morgan fingerprint density at radius 1 is 0.903 bits per heavy atom. The zero-order chi connectivity index (χ0) is 20.9. The molecule has 3 aromatic heterocycles. The normalized spacial score (nSPS) is 12.7. The molecule has 0 aliphatic carbocycles. The van der Waals surface area contributed by atoms with E-state index >= 15 is 0 Å². The van der Waals surface area contributed by atoms with Gasteiger partial charge in [0, 0.05) is 34.3 Å². The van der Waals surface area contributed by atoms with E-state index in [1.807, 2.05) is 48.8 Å². The lowest BCUT2D eigenvalue weighted by atomic mass is 9.99. The Balaban J connectivity index is 1.55. The second kappa shape index (κ2) is 6.75. The molecule has 0 radical (unpaired) electrons. The lowest BCUT2D eigenvalue weighted by Gasteiger charge is -2.06. The summed E-state index contributed by atoms with van der Waals surface area (Å²) in [5.74, 6) is 0.669. The number of imidazole rings is 1. The number of nitrogens with zero attached hydrogens (tertiary/aromatic N) is 3. The Bertz CT molecular complexity index is 1570. The number of aromatic nitrogens is 5. The lowest BCUT2D eigenvalue weighted by Crippen LogP contribution is -1.91. The quantitative estimate of drug-likeness (QED) is 0.369. The average molecular weight is 405 g/mol. The Morgan fingerprint density at radius 2 is 1.81 bits per heavy atom. The summed E-state index contributed by atoms with van der Waals surface area (Å²) in [6, 6.07) is 20.3. The van der Waals surface area contributed by atoms with E-state index < -0.39 is 6.10 Å². The van der Waals surface area contributed by atoms with Crippen LogP contribution in [0.3, 0.4) is 0 Å². The molecule has 0 amide bonds. The molecule has 1 atom stereocenters. The Hall–Kier alpha value is -4.03. The van der Waals surface area contributed by atoms with Crippen LogP contribution in [0.5, 0.6) is 0 Å². The fraction of sp³-hybridized carbons (Fsp3) is 0.0800. The topological polar surface area (TPSA) is 90.5 Å². The zero-order valence-corrected chi connectivity index (χ0v) is 16.8. The standard InChI is InChI=1S/C25H19N5O/c1-14(31)17-7-4-8-22-23(17)28-25(27-22)24-19-11-15(9-10-21(19)29-30-24)20-13-26-12-16-5-2-3-6-18(16)20/h2-14,31H,1H3,(H,27,28)(H,29,30). The first-order chi connectivity index (χ1) is 15.2. The van der Waals surface area contributed by atoms with Crippen molar-refractivity contribution in [2.24, 2.45) is 0 Å². The van der Waals surface area contributed by atoms with Crippen molar-refractivity contribution < 1.29 is 5.11 Å². The minimum absolute atomic E-state index is 0.596. The molecule has 6 rings (SSSR count). The minimum atomic E-state index is -0.596. The van der Waals surface area contributed by atoms with Gasteiger partial charge in [-0.2, -0.15) is 5.10 Å². The molecule has 3 N–H and O–H groups in total. The van der Waals surface area contributed by atoms with Gasteiger partial charge in [0.2, 0.25) is 0 Å². The minimum Gasteiger partial charge on any atom is -0.389 e. The SMILES string of the molecule is CC(O)c1cccc2[nH]c(-c3n[nH]c4ccc(-c5cncc6ccccc56)cc34)nc12. The molecule has 0 bridgehead atoms. The van der Waals surface area contributed by atoms with Gasteiger partial charge >= 0.3 is 0 Å². The summed E-state index contributed by atoms with van der Waals surface area (Å²) < 4.78 is 0. The highest BCUT2D eigenvalue weighted by atomic mass is 16.3. The van der Waals surface area contributed by atoms with E-state index in [0.29, 0.717) is 5.82 Å². The molecule has 31 heavy (non-hydrogen) atoms. The molecule has 3 aromatic carbocycles. The monoisotopic (exact) mass is 405 g/mol. The third-order valence-electron chi connectivity index (χ3n) is 5.76. The summed E-state index contributed by atoms with van der Waals surface area (Å²) in [5, 5.41) is 21.0. The number of pyridine rings is 1. The predicted molar refractivity (Wildman–Crippen MR) is 123 cm³/mol. The van der Waals surface area contributed by atoms with E-state index in [-0.39, 0.29) is 0 Å². The molecule has 0 aliphatic heterocycles. The maximum absolute atomic E-state index is 10.1. The molecule has 150 valence electrons. The number of rotatable bonds is 3. The summed E-state index contributed by atoms with van der Waals surface area (Å²) >= 11 is 0. The van der Waals surface area contributed by atoms with Crippen LogP contribution in [0.25, 0.3) is 55.4 Å². The zero-order valence-electron chi connectivity index (χ0n) is 16.8. The fourth-order valence-electron chi connectivity index (χ4n) is 4.21. The number of aromatic amines is 2. The molecule has 6 aromatic rings. The number of fused-ring (bicyclic) bond motifs is 3. The average Bonchev–Trinajstić information content (AvgIpc) is 3.41. The van der Waals surface area contributed by atoms with E-state index in [4.69, 9.17) is 4.98 Å². The number of para-hydroxylation sites is 1. The van der Waals surface area contributed by atoms with E-state index in [1.54, 1.807) is 6.92 Å². The molecular weight excluding hydrogens is 386 g/mol. The molecule has 6 nitrogen and oxygen atoms in total. The van der Waals surface area contributed by atoms with Crippen LogP contribution < -0.4 is 0 Å². The van der Waals surface area contributed by atoms with Gasteiger partial charge in [-0.1, -0.05) is 42.5 Å². The Labute approximate surface area is 177 Å². The van der Waals surface area contributed by atoms with Gasteiger partial charge in [0.1, 0.15) is 5.69 Å². The van der Waals surface area contributed by atoms with E-state index in [2.05, 4.69) is 44.4 Å². The predicted octanol–water partition coefficient (Wildman–Crippen LogP) is 5.37. The summed E-state index contributed by atoms with van der Waals surface area (Å²) in [6.07, 6.45) is 3.19. The summed E-state index contributed by atoms with van der Waals surface area (Å²) in [6.45, 7) is 1.75. The van der Waals surface area contributed by atoms with Crippen molar-refractivity contribution in [1.29, 1.82) is 0 Å². The van der Waals surface area contributed by atoms with Gasteiger partial charge < -0.3 is 10.1 Å². The molecule has 0 spiro atoms. The molecule has 0 saturated heterocycles. The number of H-pyrrole nitrogens is 2. The van der Waals surface area contributed by atoms with Gasteiger partial charge in [0.05, 0.1) is 22.7 Å². The van der Waals surface area contributed by atoms with Gasteiger partial charge in [0.15, 0.2) is 5.82 Å². The van der Waals surface area contributed by atoms with Gasteiger partial charge in [-0.3, -0.25) is 10.1 Å². The second-order valence-corrected chi connectivity index (χ2v) is 7.75. The van der Waals surface area contributed by atoms with Gasteiger partial charge in [-0.05, 0) is 36.1 Å². The molecule has 0 saturated carbocycles. The fourth-order valence-corrected chi connectivity index (χ4v) is 4.21. The van der Waals surface area contributed by atoms with Crippen molar-refractivity contribution >= 4 is 32.7 Å².